The van der Waals surface area contributed by atoms with Gasteiger partial charge in [0.05, 0.1) is 5.57 Å². The van der Waals surface area contributed by atoms with Gasteiger partial charge in [0, 0.05) is 25.7 Å². The summed E-state index contributed by atoms with van der Waals surface area (Å²) in [5.41, 5.74) is 4.19. The molecule has 3 aliphatic rings. The van der Waals surface area contributed by atoms with Crippen molar-refractivity contribution in [2.75, 3.05) is 19.7 Å². The Hall–Kier alpha value is -2.14. The van der Waals surface area contributed by atoms with Crippen molar-refractivity contribution in [1.29, 1.82) is 0 Å². The molecule has 2 fully saturated rings. The predicted molar refractivity (Wildman–Crippen MR) is 122 cm³/mol. The molecule has 5 nitrogen and oxygen atoms in total. The molecule has 1 aromatic rings. The predicted octanol–water partition coefficient (Wildman–Crippen LogP) is 4.20. The van der Waals surface area contributed by atoms with Gasteiger partial charge < -0.3 is 10.0 Å². The smallest absolute Gasteiger partial charge is 0.278 e. The monoisotopic (exact) mass is 424 g/mol. The van der Waals surface area contributed by atoms with E-state index in [4.69, 9.17) is 0 Å². The van der Waals surface area contributed by atoms with Crippen LogP contribution < -0.4 is 0 Å². The van der Waals surface area contributed by atoms with Gasteiger partial charge in [0.1, 0.15) is 5.70 Å². The first-order valence-corrected chi connectivity index (χ1v) is 12.1. The topological polar surface area (TPSA) is 60.9 Å². The quantitative estimate of drug-likeness (QED) is 0.736. The number of imide groups is 1. The second-order valence-electron chi connectivity index (χ2n) is 9.66. The second kappa shape index (κ2) is 9.56. The number of benzene rings is 1. The van der Waals surface area contributed by atoms with Crippen molar-refractivity contribution < 1.29 is 14.7 Å². The number of hydrogen-bond acceptors (Lipinski definition) is 4. The summed E-state index contributed by atoms with van der Waals surface area (Å²) in [6.45, 7) is 5.59. The average molecular weight is 425 g/mol. The lowest BCUT2D eigenvalue weighted by atomic mass is 9.94. The molecule has 2 aliphatic heterocycles. The maximum absolute atomic E-state index is 13.8. The lowest BCUT2D eigenvalue weighted by molar-refractivity contribution is -0.140. The van der Waals surface area contributed by atoms with Crippen LogP contribution >= 0.6 is 0 Å². The summed E-state index contributed by atoms with van der Waals surface area (Å²) in [5, 5.41) is 9.74. The summed E-state index contributed by atoms with van der Waals surface area (Å²) >= 11 is 0. The van der Waals surface area contributed by atoms with Crippen molar-refractivity contribution in [3.63, 3.8) is 0 Å². The Kier molecular flexibility index (Phi) is 6.80. The van der Waals surface area contributed by atoms with Crippen LogP contribution in [-0.4, -0.2) is 52.5 Å². The molecule has 4 rings (SSSR count). The van der Waals surface area contributed by atoms with E-state index in [1.807, 2.05) is 26.0 Å². The lowest BCUT2D eigenvalue weighted by Crippen LogP contribution is -2.44. The zero-order chi connectivity index (χ0) is 22.0. The highest BCUT2D eigenvalue weighted by atomic mass is 16.3. The van der Waals surface area contributed by atoms with Gasteiger partial charge in [-0.1, -0.05) is 55.9 Å². The molecule has 0 aromatic heterocycles. The number of likely N-dealkylation sites (tertiary alicyclic amines) is 1. The minimum atomic E-state index is -0.122. The number of piperidine rings is 1. The molecule has 1 unspecified atom stereocenters. The molecule has 1 saturated carbocycles. The van der Waals surface area contributed by atoms with Crippen LogP contribution in [0.15, 0.2) is 23.9 Å². The zero-order valence-corrected chi connectivity index (χ0v) is 19.0. The first kappa shape index (κ1) is 22.1. The van der Waals surface area contributed by atoms with Gasteiger partial charge in [-0.25, -0.2) is 0 Å². The first-order valence-electron chi connectivity index (χ1n) is 12.1. The molecular formula is C26H36N2O3. The van der Waals surface area contributed by atoms with E-state index in [-0.39, 0.29) is 30.4 Å². The average Bonchev–Trinajstić information content (AvgIpc) is 2.98. The van der Waals surface area contributed by atoms with Crippen molar-refractivity contribution in [2.45, 2.75) is 77.7 Å². The van der Waals surface area contributed by atoms with Crippen LogP contribution in [-0.2, 0) is 9.59 Å². The van der Waals surface area contributed by atoms with Gasteiger partial charge in [-0.05, 0) is 56.6 Å². The standard InChI is InChI=1S/C26H36N2O3/c1-18-12-13-22(19(2)15-18)23-24(27-14-8-9-20(16-27)17-29)26(31)28(25(23)30)21-10-6-4-3-5-7-11-21/h12-13,15,20-21,29H,3-11,14,16-17H2,1-2H3. The number of carbonyl (C=O) groups is 2. The number of nitrogens with zero attached hydrogens (tertiary/aromatic N) is 2. The number of amides is 2. The van der Waals surface area contributed by atoms with Crippen LogP contribution in [0.5, 0.6) is 0 Å². The van der Waals surface area contributed by atoms with Gasteiger partial charge in [0.15, 0.2) is 0 Å². The molecule has 31 heavy (non-hydrogen) atoms. The molecule has 5 heteroatoms. The summed E-state index contributed by atoms with van der Waals surface area (Å²) in [5.74, 6) is -0.0900. The molecule has 1 atom stereocenters. The number of aliphatic hydroxyl groups excluding tert-OH is 1. The Bertz CT molecular complexity index is 867. The van der Waals surface area contributed by atoms with Crippen molar-refractivity contribution >= 4 is 17.4 Å². The van der Waals surface area contributed by atoms with E-state index in [0.717, 1.165) is 61.8 Å². The summed E-state index contributed by atoms with van der Waals surface area (Å²) in [7, 11) is 0. The van der Waals surface area contributed by atoms with E-state index in [1.54, 1.807) is 4.90 Å². The highest BCUT2D eigenvalue weighted by Gasteiger charge is 2.45. The minimum absolute atomic E-state index is 0.00279. The van der Waals surface area contributed by atoms with Crippen LogP contribution in [0.25, 0.3) is 5.57 Å². The fourth-order valence-electron chi connectivity index (χ4n) is 5.61. The Morgan fingerprint density at radius 3 is 2.32 bits per heavy atom. The van der Waals surface area contributed by atoms with E-state index >= 15 is 0 Å². The minimum Gasteiger partial charge on any atom is -0.396 e. The van der Waals surface area contributed by atoms with E-state index in [9.17, 15) is 14.7 Å². The fourth-order valence-corrected chi connectivity index (χ4v) is 5.61. The Morgan fingerprint density at radius 1 is 0.935 bits per heavy atom. The van der Waals surface area contributed by atoms with Gasteiger partial charge in [0.25, 0.3) is 11.8 Å². The van der Waals surface area contributed by atoms with Crippen LogP contribution in [0.2, 0.25) is 0 Å². The highest BCUT2D eigenvalue weighted by molar-refractivity contribution is 6.36. The van der Waals surface area contributed by atoms with E-state index in [0.29, 0.717) is 17.8 Å². The van der Waals surface area contributed by atoms with Crippen molar-refractivity contribution in [1.82, 2.24) is 9.80 Å². The number of hydrogen-bond donors (Lipinski definition) is 1. The molecule has 168 valence electrons. The largest absolute Gasteiger partial charge is 0.396 e. The molecule has 1 N–H and O–H groups in total. The summed E-state index contributed by atoms with van der Waals surface area (Å²) in [4.78, 5) is 31.3. The summed E-state index contributed by atoms with van der Waals surface area (Å²) in [6.07, 6.45) is 9.48. The first-order chi connectivity index (χ1) is 15.0. The SMILES string of the molecule is Cc1ccc(C2=C(N3CCCC(CO)C3)C(=O)N(C3CCCCCCC3)C2=O)c(C)c1. The zero-order valence-electron chi connectivity index (χ0n) is 19.0. The number of rotatable bonds is 4. The van der Waals surface area contributed by atoms with E-state index in [1.165, 1.54) is 19.3 Å². The van der Waals surface area contributed by atoms with Crippen LogP contribution in [0.3, 0.4) is 0 Å². The Balaban J connectivity index is 1.75. The van der Waals surface area contributed by atoms with Gasteiger partial charge in [0.2, 0.25) is 0 Å². The third-order valence-corrected chi connectivity index (χ3v) is 7.28. The van der Waals surface area contributed by atoms with Crippen molar-refractivity contribution in [2.24, 2.45) is 5.92 Å². The maximum atomic E-state index is 13.8. The molecule has 1 aliphatic carbocycles. The third-order valence-electron chi connectivity index (χ3n) is 7.28. The summed E-state index contributed by atoms with van der Waals surface area (Å²) in [6, 6.07) is 6.11. The summed E-state index contributed by atoms with van der Waals surface area (Å²) < 4.78 is 0. The van der Waals surface area contributed by atoms with E-state index in [2.05, 4.69) is 11.0 Å². The van der Waals surface area contributed by atoms with Crippen molar-refractivity contribution in [3.05, 3.63) is 40.6 Å². The normalized spacial score (nSPS) is 24.0. The molecule has 0 radical (unpaired) electrons. The van der Waals surface area contributed by atoms with Crippen LogP contribution in [0.4, 0.5) is 0 Å². The van der Waals surface area contributed by atoms with Gasteiger partial charge in [-0.15, -0.1) is 0 Å². The van der Waals surface area contributed by atoms with E-state index < -0.39 is 0 Å². The van der Waals surface area contributed by atoms with Crippen LogP contribution in [0.1, 0.15) is 74.5 Å². The molecule has 0 spiro atoms. The molecule has 2 amide bonds. The Labute approximate surface area is 186 Å². The van der Waals surface area contributed by atoms with Crippen molar-refractivity contribution in [3.8, 4) is 0 Å². The maximum Gasteiger partial charge on any atom is 0.278 e. The number of aliphatic hydroxyl groups is 1. The van der Waals surface area contributed by atoms with Gasteiger partial charge in [-0.2, -0.15) is 0 Å². The molecule has 2 heterocycles. The molecule has 0 bridgehead atoms. The van der Waals surface area contributed by atoms with Crippen LogP contribution in [0, 0.1) is 19.8 Å². The fraction of sp³-hybridized carbons (Fsp3) is 0.615. The van der Waals surface area contributed by atoms with Gasteiger partial charge in [-0.3, -0.25) is 14.5 Å². The number of aryl methyl sites for hydroxylation is 2. The second-order valence-corrected chi connectivity index (χ2v) is 9.66. The lowest BCUT2D eigenvalue weighted by Gasteiger charge is -2.35. The Morgan fingerprint density at radius 2 is 1.65 bits per heavy atom. The third kappa shape index (κ3) is 4.43. The van der Waals surface area contributed by atoms with Gasteiger partial charge >= 0.3 is 0 Å². The number of carbonyl (C=O) groups excluding carboxylic acids is 2. The molecule has 1 saturated heterocycles. The molecule has 1 aromatic carbocycles. The highest BCUT2D eigenvalue weighted by Crippen LogP contribution is 2.38. The molecular weight excluding hydrogens is 388 g/mol.